The van der Waals surface area contributed by atoms with E-state index in [2.05, 4.69) is 29.6 Å². The number of hydrogen-bond donors (Lipinski definition) is 2. The van der Waals surface area contributed by atoms with E-state index in [0.717, 1.165) is 19.3 Å². The summed E-state index contributed by atoms with van der Waals surface area (Å²) in [4.78, 5) is 38.5. The third-order valence-electron chi connectivity index (χ3n) is 8.01. The Bertz CT molecular complexity index is 1080. The van der Waals surface area contributed by atoms with E-state index in [1.165, 1.54) is 22.3 Å². The molecule has 0 spiro atoms. The summed E-state index contributed by atoms with van der Waals surface area (Å²) in [7, 11) is 0. The van der Waals surface area contributed by atoms with Crippen LogP contribution in [-0.2, 0) is 14.3 Å². The van der Waals surface area contributed by atoms with Gasteiger partial charge in [0.2, 0.25) is 5.91 Å². The first-order valence-corrected chi connectivity index (χ1v) is 12.6. The first kappa shape index (κ1) is 23.4. The van der Waals surface area contributed by atoms with Gasteiger partial charge in [-0.2, -0.15) is 0 Å². The lowest BCUT2D eigenvalue weighted by atomic mass is 9.81. The summed E-state index contributed by atoms with van der Waals surface area (Å²) in [5.41, 5.74) is 4.73. The van der Waals surface area contributed by atoms with Gasteiger partial charge in [-0.25, -0.2) is 4.79 Å². The minimum Gasteiger partial charge on any atom is -0.481 e. The number of carboxylic acid groups (broad SMARTS) is 1. The Hall–Kier alpha value is -3.35. The number of rotatable bonds is 6. The predicted molar refractivity (Wildman–Crippen MR) is 131 cm³/mol. The summed E-state index contributed by atoms with van der Waals surface area (Å²) in [5, 5.41) is 12.1. The Kier molecular flexibility index (Phi) is 6.50. The van der Waals surface area contributed by atoms with Gasteiger partial charge in [0.25, 0.3) is 0 Å². The Morgan fingerprint density at radius 3 is 2.29 bits per heavy atom. The van der Waals surface area contributed by atoms with Crippen LogP contribution >= 0.6 is 0 Å². The van der Waals surface area contributed by atoms with E-state index in [1.807, 2.05) is 24.3 Å². The summed E-state index contributed by atoms with van der Waals surface area (Å²) in [5.74, 6) is -1.27. The smallest absolute Gasteiger partial charge is 0.407 e. The molecule has 2 aliphatic carbocycles. The molecule has 3 aliphatic rings. The van der Waals surface area contributed by atoms with Crippen LogP contribution in [-0.4, -0.2) is 53.7 Å². The van der Waals surface area contributed by atoms with Crippen LogP contribution in [0.3, 0.4) is 0 Å². The lowest BCUT2D eigenvalue weighted by Gasteiger charge is -2.43. The van der Waals surface area contributed by atoms with Gasteiger partial charge in [0.15, 0.2) is 0 Å². The number of amides is 2. The second kappa shape index (κ2) is 9.72. The average molecular weight is 477 g/mol. The number of alkyl carbamates (subject to hydrolysis) is 1. The van der Waals surface area contributed by atoms with E-state index in [-0.39, 0.29) is 36.3 Å². The molecular weight excluding hydrogens is 444 g/mol. The molecule has 3 atom stereocenters. The van der Waals surface area contributed by atoms with E-state index in [9.17, 15) is 14.4 Å². The molecule has 35 heavy (non-hydrogen) atoms. The summed E-state index contributed by atoms with van der Waals surface area (Å²) < 4.78 is 5.68. The first-order valence-electron chi connectivity index (χ1n) is 12.6. The highest BCUT2D eigenvalue weighted by Crippen LogP contribution is 2.44. The fourth-order valence-electron chi connectivity index (χ4n) is 5.82. The van der Waals surface area contributed by atoms with Gasteiger partial charge in [-0.3, -0.25) is 9.59 Å². The molecule has 0 aromatic heterocycles. The number of benzene rings is 2. The highest BCUT2D eigenvalue weighted by Gasteiger charge is 2.40. The van der Waals surface area contributed by atoms with Crippen molar-refractivity contribution >= 4 is 18.0 Å². The third kappa shape index (κ3) is 4.64. The molecule has 1 saturated carbocycles. The van der Waals surface area contributed by atoms with Gasteiger partial charge in [-0.15, -0.1) is 0 Å². The maximum Gasteiger partial charge on any atom is 0.407 e. The van der Waals surface area contributed by atoms with Crippen molar-refractivity contribution in [1.82, 2.24) is 10.2 Å². The Morgan fingerprint density at radius 2 is 1.66 bits per heavy atom. The molecule has 2 aromatic carbocycles. The summed E-state index contributed by atoms with van der Waals surface area (Å²) in [6.45, 7) is 2.98. The van der Waals surface area contributed by atoms with E-state index >= 15 is 0 Å². The van der Waals surface area contributed by atoms with Gasteiger partial charge >= 0.3 is 12.1 Å². The molecule has 7 heteroatoms. The zero-order chi connectivity index (χ0) is 24.5. The van der Waals surface area contributed by atoms with Crippen LogP contribution in [0.15, 0.2) is 48.5 Å². The number of nitrogens with zero attached hydrogens (tertiary/aromatic N) is 1. The van der Waals surface area contributed by atoms with Crippen molar-refractivity contribution in [2.45, 2.75) is 44.6 Å². The highest BCUT2D eigenvalue weighted by molar-refractivity contribution is 5.81. The van der Waals surface area contributed by atoms with Crippen molar-refractivity contribution in [1.29, 1.82) is 0 Å². The van der Waals surface area contributed by atoms with Crippen molar-refractivity contribution in [3.63, 3.8) is 0 Å². The molecule has 1 heterocycles. The van der Waals surface area contributed by atoms with Gasteiger partial charge in [0.05, 0.1) is 5.92 Å². The maximum absolute atomic E-state index is 12.9. The number of hydrogen-bond acceptors (Lipinski definition) is 4. The monoisotopic (exact) mass is 476 g/mol. The summed E-state index contributed by atoms with van der Waals surface area (Å²) >= 11 is 0. The van der Waals surface area contributed by atoms with Gasteiger partial charge in [-0.1, -0.05) is 61.9 Å². The van der Waals surface area contributed by atoms with Crippen LogP contribution in [0.4, 0.5) is 4.79 Å². The third-order valence-corrected chi connectivity index (χ3v) is 8.01. The molecule has 2 aromatic rings. The molecule has 7 nitrogen and oxygen atoms in total. The minimum absolute atomic E-state index is 0.0152. The molecule has 2 N–H and O–H groups in total. The number of aliphatic carboxylic acids is 1. The molecule has 1 saturated heterocycles. The van der Waals surface area contributed by atoms with Gasteiger partial charge in [0, 0.05) is 36.9 Å². The van der Waals surface area contributed by atoms with Gasteiger partial charge < -0.3 is 20.1 Å². The average Bonchev–Trinajstić information content (AvgIpc) is 3.15. The topological polar surface area (TPSA) is 95.9 Å². The molecule has 184 valence electrons. The number of ether oxygens (including phenoxy) is 1. The van der Waals surface area contributed by atoms with Crippen molar-refractivity contribution < 1.29 is 24.2 Å². The number of likely N-dealkylation sites (tertiary alicyclic amines) is 1. The quantitative estimate of drug-likeness (QED) is 0.649. The van der Waals surface area contributed by atoms with Gasteiger partial charge in [0.1, 0.15) is 6.61 Å². The van der Waals surface area contributed by atoms with Crippen LogP contribution in [0.25, 0.3) is 11.1 Å². The summed E-state index contributed by atoms with van der Waals surface area (Å²) in [6, 6.07) is 16.4. The first-order chi connectivity index (χ1) is 16.9. The molecule has 2 amide bonds. The highest BCUT2D eigenvalue weighted by atomic mass is 16.5. The summed E-state index contributed by atoms with van der Waals surface area (Å²) in [6.07, 6.45) is 2.65. The number of nitrogens with one attached hydrogen (secondary N) is 1. The second-order valence-electron chi connectivity index (χ2n) is 10.2. The van der Waals surface area contributed by atoms with Crippen LogP contribution < -0.4 is 5.32 Å². The molecule has 1 unspecified atom stereocenters. The SMILES string of the molecule is CC(C(=O)O)C1CN(C(=O)[C@H]2CCC[C@@H](NC(=O)OCC3c4ccccc4-c4ccccc43)C2)C1. The fraction of sp³-hybridized carbons (Fsp3) is 0.464. The van der Waals surface area contributed by atoms with Gasteiger partial charge in [-0.05, 0) is 41.5 Å². The molecule has 0 bridgehead atoms. The van der Waals surface area contributed by atoms with Crippen molar-refractivity contribution in [3.05, 3.63) is 59.7 Å². The van der Waals surface area contributed by atoms with E-state index in [0.29, 0.717) is 19.5 Å². The zero-order valence-corrected chi connectivity index (χ0v) is 20.0. The zero-order valence-electron chi connectivity index (χ0n) is 20.0. The lowest BCUT2D eigenvalue weighted by molar-refractivity contribution is -0.153. The normalized spacial score (nSPS) is 22.5. The van der Waals surface area contributed by atoms with E-state index < -0.39 is 18.0 Å². The maximum atomic E-state index is 12.9. The van der Waals surface area contributed by atoms with E-state index in [4.69, 9.17) is 9.84 Å². The molecule has 2 fully saturated rings. The predicted octanol–water partition coefficient (Wildman–Crippen LogP) is 4.26. The fourth-order valence-corrected chi connectivity index (χ4v) is 5.82. The standard InChI is InChI=1S/C28H32N2O5/c1-17(27(32)33)19-14-30(15-19)26(31)18-7-6-8-20(13-18)29-28(34)35-16-25-23-11-4-2-9-21(23)22-10-3-5-12-24(22)25/h2-5,9-12,17-20,25H,6-8,13-16H2,1H3,(H,29,34)(H,32,33)/t17?,18-,20+/m0/s1. The van der Waals surface area contributed by atoms with Crippen LogP contribution in [0, 0.1) is 17.8 Å². The van der Waals surface area contributed by atoms with Crippen LogP contribution in [0.2, 0.25) is 0 Å². The molecule has 5 rings (SSSR count). The van der Waals surface area contributed by atoms with Crippen LogP contribution in [0.5, 0.6) is 0 Å². The Labute approximate surface area is 205 Å². The molecule has 0 radical (unpaired) electrons. The number of carbonyl (C=O) groups excluding carboxylic acids is 2. The lowest BCUT2D eigenvalue weighted by Crippen LogP contribution is -2.56. The number of fused-ring (bicyclic) bond motifs is 3. The largest absolute Gasteiger partial charge is 0.481 e. The Balaban J connectivity index is 1.13. The minimum atomic E-state index is -0.813. The number of carboxylic acids is 1. The Morgan fingerprint density at radius 1 is 1.03 bits per heavy atom. The van der Waals surface area contributed by atoms with Crippen molar-refractivity contribution in [2.24, 2.45) is 17.8 Å². The van der Waals surface area contributed by atoms with Crippen molar-refractivity contribution in [2.75, 3.05) is 19.7 Å². The number of carbonyl (C=O) groups is 3. The second-order valence-corrected chi connectivity index (χ2v) is 10.2. The van der Waals surface area contributed by atoms with E-state index in [1.54, 1.807) is 11.8 Å². The molecule has 1 aliphatic heterocycles. The van der Waals surface area contributed by atoms with Crippen molar-refractivity contribution in [3.8, 4) is 11.1 Å². The molecular formula is C28H32N2O5. The van der Waals surface area contributed by atoms with Crippen LogP contribution in [0.1, 0.15) is 49.7 Å².